The van der Waals surface area contributed by atoms with Gasteiger partial charge < -0.3 is 15.3 Å². The molecular formula is C7H11BrN2O2. The molecule has 68 valence electrons. The minimum Gasteiger partial charge on any atom is -0.434 e. The first-order chi connectivity index (χ1) is 5.65. The summed E-state index contributed by atoms with van der Waals surface area (Å²) in [7, 11) is 0. The van der Waals surface area contributed by atoms with Gasteiger partial charge in [0, 0.05) is 22.5 Å². The van der Waals surface area contributed by atoms with Gasteiger partial charge in [0.05, 0.1) is 11.7 Å². The van der Waals surface area contributed by atoms with Crippen molar-refractivity contribution in [1.82, 2.24) is 4.98 Å². The molecule has 1 aromatic rings. The van der Waals surface area contributed by atoms with E-state index in [-0.39, 0.29) is 12.6 Å². The maximum absolute atomic E-state index is 8.64. The molecule has 4 nitrogen and oxygen atoms in total. The molecule has 0 aliphatic carbocycles. The van der Waals surface area contributed by atoms with Crippen LogP contribution in [0.4, 0.5) is 0 Å². The van der Waals surface area contributed by atoms with Gasteiger partial charge in [0.2, 0.25) is 0 Å². The Balaban J connectivity index is 2.79. The van der Waals surface area contributed by atoms with Gasteiger partial charge in [0.25, 0.3) is 4.80 Å². The van der Waals surface area contributed by atoms with Crippen molar-refractivity contribution in [3.05, 3.63) is 16.3 Å². The maximum Gasteiger partial charge on any atom is 0.264 e. The summed E-state index contributed by atoms with van der Waals surface area (Å²) in [6.45, 7) is 1.87. The second-order valence-electron chi connectivity index (χ2n) is 2.54. The lowest BCUT2D eigenvalue weighted by molar-refractivity contribution is 0.267. The highest BCUT2D eigenvalue weighted by atomic mass is 79.9. The SMILES string of the molecule is Cc1nc(Br)oc1C(N)CCO. The van der Waals surface area contributed by atoms with Crippen LogP contribution in [-0.2, 0) is 0 Å². The molecule has 0 saturated carbocycles. The molecule has 0 radical (unpaired) electrons. The van der Waals surface area contributed by atoms with E-state index in [0.717, 1.165) is 5.69 Å². The van der Waals surface area contributed by atoms with Crippen LogP contribution in [0.25, 0.3) is 0 Å². The number of aryl methyl sites for hydroxylation is 1. The fourth-order valence-corrected chi connectivity index (χ4v) is 1.43. The van der Waals surface area contributed by atoms with Gasteiger partial charge in [0.1, 0.15) is 5.76 Å². The third-order valence-electron chi connectivity index (χ3n) is 1.58. The van der Waals surface area contributed by atoms with Crippen LogP contribution >= 0.6 is 15.9 Å². The number of aliphatic hydroxyl groups is 1. The van der Waals surface area contributed by atoms with Crippen LogP contribution in [0.15, 0.2) is 9.22 Å². The van der Waals surface area contributed by atoms with Gasteiger partial charge in [-0.25, -0.2) is 4.98 Å². The fourth-order valence-electron chi connectivity index (χ4n) is 0.989. The van der Waals surface area contributed by atoms with E-state index in [4.69, 9.17) is 15.3 Å². The Kier molecular flexibility index (Phi) is 3.25. The van der Waals surface area contributed by atoms with Crippen LogP contribution in [0.1, 0.15) is 23.9 Å². The Morgan fingerprint density at radius 3 is 2.83 bits per heavy atom. The van der Waals surface area contributed by atoms with E-state index >= 15 is 0 Å². The van der Waals surface area contributed by atoms with E-state index in [9.17, 15) is 0 Å². The van der Waals surface area contributed by atoms with E-state index in [1.165, 1.54) is 0 Å². The molecule has 12 heavy (non-hydrogen) atoms. The molecule has 1 atom stereocenters. The number of oxazole rings is 1. The zero-order valence-electron chi connectivity index (χ0n) is 6.75. The van der Waals surface area contributed by atoms with E-state index < -0.39 is 0 Å². The number of hydrogen-bond donors (Lipinski definition) is 2. The molecule has 1 unspecified atom stereocenters. The van der Waals surface area contributed by atoms with Gasteiger partial charge in [-0.2, -0.15) is 0 Å². The molecule has 0 spiro atoms. The van der Waals surface area contributed by atoms with Crippen molar-refractivity contribution in [2.45, 2.75) is 19.4 Å². The van der Waals surface area contributed by atoms with Crippen LogP contribution in [0.5, 0.6) is 0 Å². The Morgan fingerprint density at radius 1 is 1.75 bits per heavy atom. The average molecular weight is 235 g/mol. The Hall–Kier alpha value is -0.390. The third kappa shape index (κ3) is 2.06. The molecule has 0 saturated heterocycles. The third-order valence-corrected chi connectivity index (χ3v) is 1.92. The lowest BCUT2D eigenvalue weighted by Crippen LogP contribution is -2.12. The van der Waals surface area contributed by atoms with Gasteiger partial charge >= 0.3 is 0 Å². The summed E-state index contributed by atoms with van der Waals surface area (Å²) in [5.41, 5.74) is 6.47. The smallest absolute Gasteiger partial charge is 0.264 e. The molecule has 1 aromatic heterocycles. The van der Waals surface area contributed by atoms with Crippen LogP contribution in [0.3, 0.4) is 0 Å². The van der Waals surface area contributed by atoms with Gasteiger partial charge in [0.15, 0.2) is 0 Å². The summed E-state index contributed by atoms with van der Waals surface area (Å²) in [5.74, 6) is 0.635. The number of hydrogen-bond acceptors (Lipinski definition) is 4. The molecule has 1 rings (SSSR count). The largest absolute Gasteiger partial charge is 0.434 e. The van der Waals surface area contributed by atoms with Crippen LogP contribution in [-0.4, -0.2) is 16.7 Å². The van der Waals surface area contributed by atoms with Crippen molar-refractivity contribution in [3.8, 4) is 0 Å². The molecule has 0 aromatic carbocycles. The number of nitrogens with two attached hydrogens (primary N) is 1. The number of aromatic nitrogens is 1. The quantitative estimate of drug-likeness (QED) is 0.823. The number of rotatable bonds is 3. The van der Waals surface area contributed by atoms with Crippen LogP contribution in [0.2, 0.25) is 0 Å². The highest BCUT2D eigenvalue weighted by Gasteiger charge is 2.14. The summed E-state index contributed by atoms with van der Waals surface area (Å²) in [6, 6.07) is -0.270. The number of nitrogens with zero attached hydrogens (tertiary/aromatic N) is 1. The zero-order valence-corrected chi connectivity index (χ0v) is 8.34. The molecule has 0 fully saturated rings. The van der Waals surface area contributed by atoms with Crippen LogP contribution < -0.4 is 5.73 Å². The summed E-state index contributed by atoms with van der Waals surface area (Å²) in [5, 5.41) is 8.64. The normalized spacial score (nSPS) is 13.3. The number of halogens is 1. The molecule has 0 amide bonds. The van der Waals surface area contributed by atoms with Crippen molar-refractivity contribution in [1.29, 1.82) is 0 Å². The highest BCUT2D eigenvalue weighted by molar-refractivity contribution is 9.10. The summed E-state index contributed by atoms with van der Waals surface area (Å²) < 4.78 is 5.20. The van der Waals surface area contributed by atoms with Gasteiger partial charge in [-0.05, 0) is 13.3 Å². The van der Waals surface area contributed by atoms with Gasteiger partial charge in [-0.15, -0.1) is 0 Å². The lowest BCUT2D eigenvalue weighted by atomic mass is 10.1. The van der Waals surface area contributed by atoms with Crippen molar-refractivity contribution < 1.29 is 9.52 Å². The van der Waals surface area contributed by atoms with E-state index in [1.54, 1.807) is 0 Å². The summed E-state index contributed by atoms with van der Waals surface area (Å²) in [6.07, 6.45) is 0.489. The summed E-state index contributed by atoms with van der Waals surface area (Å²) >= 11 is 3.11. The predicted octanol–water partition coefficient (Wildman–Crippen LogP) is 1.13. The molecule has 0 aliphatic heterocycles. The zero-order chi connectivity index (χ0) is 9.14. The first-order valence-electron chi connectivity index (χ1n) is 3.64. The van der Waals surface area contributed by atoms with Crippen molar-refractivity contribution in [2.24, 2.45) is 5.73 Å². The topological polar surface area (TPSA) is 72.3 Å². The highest BCUT2D eigenvalue weighted by Crippen LogP contribution is 2.21. The first-order valence-corrected chi connectivity index (χ1v) is 4.43. The second kappa shape index (κ2) is 4.02. The molecule has 0 bridgehead atoms. The van der Waals surface area contributed by atoms with E-state index in [1.807, 2.05) is 6.92 Å². The second-order valence-corrected chi connectivity index (χ2v) is 3.21. The average Bonchev–Trinajstić information content (AvgIpc) is 2.30. The van der Waals surface area contributed by atoms with E-state index in [2.05, 4.69) is 20.9 Å². The maximum atomic E-state index is 8.64. The predicted molar refractivity (Wildman–Crippen MR) is 47.6 cm³/mol. The Bertz CT molecular complexity index is 262. The van der Waals surface area contributed by atoms with Crippen molar-refractivity contribution in [2.75, 3.05) is 6.61 Å². The minimum atomic E-state index is -0.270. The standard InChI is InChI=1S/C7H11BrN2O2/c1-4-6(5(9)2-3-11)12-7(8)10-4/h5,11H,2-3,9H2,1H3. The van der Waals surface area contributed by atoms with Gasteiger partial charge in [-0.3, -0.25) is 0 Å². The Labute approximate surface area is 78.9 Å². The molecule has 5 heteroatoms. The summed E-state index contributed by atoms with van der Waals surface area (Å²) in [4.78, 5) is 4.44. The van der Waals surface area contributed by atoms with Crippen LogP contribution in [0, 0.1) is 6.92 Å². The molecule has 3 N–H and O–H groups in total. The van der Waals surface area contributed by atoms with Gasteiger partial charge in [-0.1, -0.05) is 0 Å². The fraction of sp³-hybridized carbons (Fsp3) is 0.571. The Morgan fingerprint density at radius 2 is 2.42 bits per heavy atom. The minimum absolute atomic E-state index is 0.0545. The molecular weight excluding hydrogens is 224 g/mol. The van der Waals surface area contributed by atoms with Crippen molar-refractivity contribution >= 4 is 15.9 Å². The monoisotopic (exact) mass is 234 g/mol. The number of aliphatic hydroxyl groups excluding tert-OH is 1. The lowest BCUT2D eigenvalue weighted by Gasteiger charge is -2.05. The molecule has 0 aliphatic rings. The van der Waals surface area contributed by atoms with Crippen molar-refractivity contribution in [3.63, 3.8) is 0 Å². The van der Waals surface area contributed by atoms with E-state index in [0.29, 0.717) is 17.0 Å². The molecule has 1 heterocycles. The first kappa shape index (κ1) is 9.70.